The van der Waals surface area contributed by atoms with E-state index < -0.39 is 0 Å². The highest BCUT2D eigenvalue weighted by molar-refractivity contribution is 7.99. The van der Waals surface area contributed by atoms with Gasteiger partial charge in [0.15, 0.2) is 5.13 Å². The summed E-state index contributed by atoms with van der Waals surface area (Å²) in [6.45, 7) is 4.17. The highest BCUT2D eigenvalue weighted by atomic mass is 32.2. The van der Waals surface area contributed by atoms with Crippen molar-refractivity contribution < 1.29 is 4.79 Å². The molecule has 0 unspecified atom stereocenters. The lowest BCUT2D eigenvalue weighted by atomic mass is 10.1. The van der Waals surface area contributed by atoms with Gasteiger partial charge in [-0.15, -0.1) is 16.4 Å². The van der Waals surface area contributed by atoms with Crippen LogP contribution in [0.1, 0.15) is 35.7 Å². The van der Waals surface area contributed by atoms with Gasteiger partial charge in [0.05, 0.1) is 11.4 Å². The second-order valence-corrected chi connectivity index (χ2v) is 8.25. The van der Waals surface area contributed by atoms with Crippen molar-refractivity contribution >= 4 is 34.1 Å². The van der Waals surface area contributed by atoms with Gasteiger partial charge in [0.25, 0.3) is 0 Å². The predicted molar refractivity (Wildman–Crippen MR) is 105 cm³/mol. The molecule has 6 nitrogen and oxygen atoms in total. The maximum absolute atomic E-state index is 12.2. The number of carbonyl (C=O) groups excluding carboxylic acids is 1. The van der Waals surface area contributed by atoms with Crippen molar-refractivity contribution in [2.24, 2.45) is 0 Å². The lowest BCUT2D eigenvalue weighted by Crippen LogP contribution is -2.13. The molecule has 1 amide bonds. The number of nitrogens with one attached hydrogen (secondary N) is 2. The minimum absolute atomic E-state index is 0.103. The number of nitrogens with zero attached hydrogens (tertiary/aromatic N) is 3. The molecule has 0 saturated heterocycles. The summed E-state index contributed by atoms with van der Waals surface area (Å²) in [5, 5.41) is 13.1. The van der Waals surface area contributed by atoms with Crippen molar-refractivity contribution in [2.45, 2.75) is 37.8 Å². The number of aryl methyl sites for hydroxylation is 2. The second kappa shape index (κ2) is 7.20. The third-order valence-corrected chi connectivity index (χ3v) is 5.94. The van der Waals surface area contributed by atoms with E-state index in [2.05, 4.69) is 57.5 Å². The van der Waals surface area contributed by atoms with Crippen molar-refractivity contribution in [3.63, 3.8) is 0 Å². The Hall–Kier alpha value is -2.19. The Bertz CT molecular complexity index is 945. The van der Waals surface area contributed by atoms with Crippen LogP contribution in [0.3, 0.4) is 0 Å². The molecule has 0 radical (unpaired) electrons. The van der Waals surface area contributed by atoms with Crippen LogP contribution in [-0.4, -0.2) is 31.8 Å². The van der Waals surface area contributed by atoms with Gasteiger partial charge in [0, 0.05) is 16.9 Å². The molecular weight excluding hydrogens is 366 g/mol. The molecule has 8 heteroatoms. The van der Waals surface area contributed by atoms with Gasteiger partial charge in [-0.1, -0.05) is 23.9 Å². The molecule has 0 spiro atoms. The number of hydrogen-bond donors (Lipinski definition) is 2. The Morgan fingerprint density at radius 2 is 2.15 bits per heavy atom. The maximum Gasteiger partial charge on any atom is 0.236 e. The molecule has 3 aromatic rings. The number of H-pyrrole nitrogens is 1. The summed E-state index contributed by atoms with van der Waals surface area (Å²) in [5.74, 6) is 1.63. The van der Waals surface area contributed by atoms with E-state index in [1.165, 1.54) is 47.1 Å². The van der Waals surface area contributed by atoms with Gasteiger partial charge in [-0.25, -0.2) is 9.97 Å². The first-order chi connectivity index (χ1) is 12.6. The van der Waals surface area contributed by atoms with Crippen molar-refractivity contribution in [2.75, 3.05) is 11.1 Å². The first-order valence-electron chi connectivity index (χ1n) is 8.46. The van der Waals surface area contributed by atoms with Gasteiger partial charge in [-0.2, -0.15) is 0 Å². The molecule has 0 aliphatic heterocycles. The monoisotopic (exact) mass is 385 g/mol. The minimum atomic E-state index is -0.103. The minimum Gasteiger partial charge on any atom is -0.301 e. The van der Waals surface area contributed by atoms with E-state index >= 15 is 0 Å². The summed E-state index contributed by atoms with van der Waals surface area (Å²) in [7, 11) is 0. The Kier molecular flexibility index (Phi) is 4.78. The van der Waals surface area contributed by atoms with Gasteiger partial charge in [-0.05, 0) is 43.9 Å². The molecule has 1 aromatic carbocycles. The summed E-state index contributed by atoms with van der Waals surface area (Å²) in [5.41, 5.74) is 4.43. The van der Waals surface area contributed by atoms with Crippen LogP contribution in [-0.2, 0) is 4.79 Å². The molecular formula is C18H19N5OS2. The number of anilines is 1. The summed E-state index contributed by atoms with van der Waals surface area (Å²) in [4.78, 5) is 21.1. The number of hydrogen-bond acceptors (Lipinski definition) is 6. The van der Waals surface area contributed by atoms with Crippen LogP contribution in [0, 0.1) is 13.8 Å². The van der Waals surface area contributed by atoms with Gasteiger partial charge in [0.2, 0.25) is 11.1 Å². The summed E-state index contributed by atoms with van der Waals surface area (Å²) < 4.78 is 0. The number of rotatable bonds is 6. The molecule has 1 aliphatic rings. The highest BCUT2D eigenvalue weighted by Gasteiger charge is 2.27. The van der Waals surface area contributed by atoms with Crippen LogP contribution in [0.15, 0.2) is 28.7 Å². The number of benzene rings is 1. The van der Waals surface area contributed by atoms with Gasteiger partial charge >= 0.3 is 0 Å². The van der Waals surface area contributed by atoms with E-state index in [0.29, 0.717) is 16.2 Å². The molecule has 134 valence electrons. The number of aromatic nitrogens is 4. The first kappa shape index (κ1) is 17.2. The topological polar surface area (TPSA) is 83.6 Å². The van der Waals surface area contributed by atoms with Gasteiger partial charge < -0.3 is 5.32 Å². The molecule has 1 fully saturated rings. The third-order valence-electron chi connectivity index (χ3n) is 4.33. The summed E-state index contributed by atoms with van der Waals surface area (Å²) in [6, 6.07) is 6.26. The highest BCUT2D eigenvalue weighted by Crippen LogP contribution is 2.38. The molecule has 0 bridgehead atoms. The average molecular weight is 386 g/mol. The fraction of sp³-hybridized carbons (Fsp3) is 0.333. The zero-order valence-corrected chi connectivity index (χ0v) is 16.2. The molecule has 4 rings (SSSR count). The van der Waals surface area contributed by atoms with Crippen molar-refractivity contribution in [1.29, 1.82) is 0 Å². The standard InChI is InChI=1S/C18H19N5OS2/c1-10-3-4-13(7-11(10)2)14-8-25-17(19-14)20-15(24)9-26-18-21-16(22-23-18)12-5-6-12/h3-4,7-8,12H,5-6,9H2,1-2H3,(H,19,20,24)(H,21,22,23). The van der Waals surface area contributed by atoms with E-state index in [4.69, 9.17) is 0 Å². The number of carbonyl (C=O) groups is 1. The largest absolute Gasteiger partial charge is 0.301 e. The average Bonchev–Trinajstić information content (AvgIpc) is 3.18. The number of thioether (sulfide) groups is 1. The van der Waals surface area contributed by atoms with Crippen molar-refractivity contribution in [3.8, 4) is 11.3 Å². The zero-order valence-electron chi connectivity index (χ0n) is 14.6. The maximum atomic E-state index is 12.2. The Labute approximate surface area is 159 Å². The zero-order chi connectivity index (χ0) is 18.1. The summed E-state index contributed by atoms with van der Waals surface area (Å²) in [6.07, 6.45) is 2.35. The lowest BCUT2D eigenvalue weighted by Gasteiger charge is -2.02. The van der Waals surface area contributed by atoms with Crippen LogP contribution in [0.25, 0.3) is 11.3 Å². The SMILES string of the molecule is Cc1ccc(-c2csc(NC(=O)CSc3n[nH]c(C4CC4)n3)n2)cc1C. The molecule has 2 aromatic heterocycles. The molecule has 2 heterocycles. The van der Waals surface area contributed by atoms with Crippen LogP contribution in [0.2, 0.25) is 0 Å². The van der Waals surface area contributed by atoms with Crippen LogP contribution >= 0.6 is 23.1 Å². The fourth-order valence-electron chi connectivity index (χ4n) is 2.51. The van der Waals surface area contributed by atoms with E-state index in [0.717, 1.165) is 17.1 Å². The van der Waals surface area contributed by atoms with Gasteiger partial charge in [-0.3, -0.25) is 9.89 Å². The van der Waals surface area contributed by atoms with Crippen molar-refractivity contribution in [1.82, 2.24) is 20.2 Å². The van der Waals surface area contributed by atoms with Crippen LogP contribution in [0.4, 0.5) is 5.13 Å². The second-order valence-electron chi connectivity index (χ2n) is 6.45. The predicted octanol–water partition coefficient (Wildman–Crippen LogP) is 4.15. The smallest absolute Gasteiger partial charge is 0.236 e. The quantitative estimate of drug-likeness (QED) is 0.623. The number of aromatic amines is 1. The molecule has 2 N–H and O–H groups in total. The summed E-state index contributed by atoms with van der Waals surface area (Å²) >= 11 is 2.76. The molecule has 26 heavy (non-hydrogen) atoms. The Balaban J connectivity index is 1.34. The Morgan fingerprint density at radius 3 is 2.92 bits per heavy atom. The van der Waals surface area contributed by atoms with E-state index in [1.807, 2.05) is 5.38 Å². The van der Waals surface area contributed by atoms with E-state index in [9.17, 15) is 4.79 Å². The third kappa shape index (κ3) is 3.96. The van der Waals surface area contributed by atoms with Crippen LogP contribution < -0.4 is 5.32 Å². The van der Waals surface area contributed by atoms with Crippen molar-refractivity contribution in [3.05, 3.63) is 40.5 Å². The van der Waals surface area contributed by atoms with E-state index in [-0.39, 0.29) is 11.7 Å². The Morgan fingerprint density at radius 1 is 1.31 bits per heavy atom. The normalized spacial score (nSPS) is 13.8. The molecule has 1 aliphatic carbocycles. The number of amides is 1. The lowest BCUT2D eigenvalue weighted by molar-refractivity contribution is -0.113. The molecule has 0 atom stereocenters. The van der Waals surface area contributed by atoms with Gasteiger partial charge in [0.1, 0.15) is 5.82 Å². The number of thiazole rings is 1. The fourth-order valence-corrected chi connectivity index (χ4v) is 3.85. The molecule has 1 saturated carbocycles. The van der Waals surface area contributed by atoms with E-state index in [1.54, 1.807) is 0 Å². The first-order valence-corrected chi connectivity index (χ1v) is 10.3. The van der Waals surface area contributed by atoms with Crippen LogP contribution in [0.5, 0.6) is 0 Å².